The predicted molar refractivity (Wildman–Crippen MR) is 122 cm³/mol. The zero-order valence-corrected chi connectivity index (χ0v) is 18.5. The number of nitrogens with zero attached hydrogens (tertiary/aromatic N) is 1. The Morgan fingerprint density at radius 3 is 2.53 bits per heavy atom. The first-order chi connectivity index (χ1) is 14.5. The van der Waals surface area contributed by atoms with Crippen LogP contribution in [-0.4, -0.2) is 11.9 Å². The lowest BCUT2D eigenvalue weighted by atomic mass is 10.2. The molecule has 1 aliphatic heterocycles. The van der Waals surface area contributed by atoms with E-state index in [2.05, 4.69) is 20.9 Å². The summed E-state index contributed by atoms with van der Waals surface area (Å²) in [6, 6.07) is 20.3. The Bertz CT molecular complexity index is 1170. The van der Waals surface area contributed by atoms with E-state index in [-0.39, 0.29) is 11.6 Å². The molecule has 0 atom stereocenters. The minimum absolute atomic E-state index is 0.193. The largest absolute Gasteiger partial charge is 0.489 e. The monoisotopic (exact) mass is 501 g/mol. The van der Waals surface area contributed by atoms with Crippen molar-refractivity contribution in [1.29, 1.82) is 0 Å². The first-order valence-electron chi connectivity index (χ1n) is 8.93. The van der Waals surface area contributed by atoms with E-state index in [9.17, 15) is 4.79 Å². The fourth-order valence-electron chi connectivity index (χ4n) is 2.77. The normalized spacial score (nSPS) is 14.6. The second-order valence-corrected chi connectivity index (χ2v) is 8.18. The summed E-state index contributed by atoms with van der Waals surface area (Å²) < 4.78 is 12.1. The molecular formula is C23H14BrCl2NO3. The van der Waals surface area contributed by atoms with Crippen molar-refractivity contribution in [2.24, 2.45) is 4.99 Å². The van der Waals surface area contributed by atoms with E-state index in [0.717, 1.165) is 21.3 Å². The van der Waals surface area contributed by atoms with Gasteiger partial charge in [0.05, 0.1) is 10.0 Å². The van der Waals surface area contributed by atoms with Crippen molar-refractivity contribution in [3.05, 3.63) is 104 Å². The van der Waals surface area contributed by atoms with Gasteiger partial charge in [-0.25, -0.2) is 9.79 Å². The van der Waals surface area contributed by atoms with Crippen LogP contribution in [0.3, 0.4) is 0 Å². The molecule has 0 saturated heterocycles. The van der Waals surface area contributed by atoms with Gasteiger partial charge in [0.15, 0.2) is 5.70 Å². The van der Waals surface area contributed by atoms with Gasteiger partial charge in [-0.05, 0) is 59.7 Å². The molecule has 1 aliphatic rings. The van der Waals surface area contributed by atoms with Crippen molar-refractivity contribution in [3.63, 3.8) is 0 Å². The van der Waals surface area contributed by atoms with Gasteiger partial charge in [-0.2, -0.15) is 0 Å². The predicted octanol–water partition coefficient (Wildman–Crippen LogP) is 6.68. The van der Waals surface area contributed by atoms with E-state index in [1.54, 1.807) is 24.3 Å². The van der Waals surface area contributed by atoms with Crippen LogP contribution in [0.2, 0.25) is 10.0 Å². The number of benzene rings is 3. The summed E-state index contributed by atoms with van der Waals surface area (Å²) in [6.07, 6.45) is 1.66. The van der Waals surface area contributed by atoms with Crippen LogP contribution >= 0.6 is 39.1 Å². The van der Waals surface area contributed by atoms with Gasteiger partial charge in [0, 0.05) is 10.0 Å². The van der Waals surface area contributed by atoms with E-state index in [0.29, 0.717) is 22.2 Å². The molecule has 1 heterocycles. The topological polar surface area (TPSA) is 47.9 Å². The van der Waals surface area contributed by atoms with E-state index >= 15 is 0 Å². The van der Waals surface area contributed by atoms with Gasteiger partial charge in [0.1, 0.15) is 12.4 Å². The first-order valence-corrected chi connectivity index (χ1v) is 10.5. The molecule has 4 rings (SSSR count). The summed E-state index contributed by atoms with van der Waals surface area (Å²) in [7, 11) is 0. The second-order valence-electron chi connectivity index (χ2n) is 6.45. The molecular weight excluding hydrogens is 489 g/mol. The van der Waals surface area contributed by atoms with Crippen molar-refractivity contribution in [2.75, 3.05) is 0 Å². The molecule has 0 saturated carbocycles. The molecule has 0 aliphatic carbocycles. The number of esters is 1. The third-order valence-electron chi connectivity index (χ3n) is 4.27. The molecule has 0 aromatic heterocycles. The molecule has 0 bridgehead atoms. The summed E-state index contributed by atoms with van der Waals surface area (Å²) in [5.41, 5.74) is 2.65. The highest BCUT2D eigenvalue weighted by atomic mass is 79.9. The molecule has 0 radical (unpaired) electrons. The maximum Gasteiger partial charge on any atom is 0.363 e. The second kappa shape index (κ2) is 9.04. The van der Waals surface area contributed by atoms with Crippen LogP contribution in [0.1, 0.15) is 16.7 Å². The summed E-state index contributed by atoms with van der Waals surface area (Å²) in [6.45, 7) is 0.462. The Kier molecular flexibility index (Phi) is 6.23. The van der Waals surface area contributed by atoms with Crippen LogP contribution in [0, 0.1) is 0 Å². The molecule has 3 aromatic rings. The van der Waals surface area contributed by atoms with Crippen molar-refractivity contribution in [2.45, 2.75) is 6.61 Å². The fraction of sp³-hybridized carbons (Fsp3) is 0.0435. The Morgan fingerprint density at radius 2 is 1.80 bits per heavy atom. The molecule has 3 aromatic carbocycles. The first kappa shape index (κ1) is 20.7. The number of ether oxygens (including phenoxy) is 2. The highest BCUT2D eigenvalue weighted by molar-refractivity contribution is 9.10. The maximum atomic E-state index is 12.2. The third-order valence-corrected chi connectivity index (χ3v) is 5.50. The van der Waals surface area contributed by atoms with E-state index in [1.165, 1.54) is 0 Å². The Morgan fingerprint density at radius 1 is 1.00 bits per heavy atom. The van der Waals surface area contributed by atoms with Crippen molar-refractivity contribution in [1.82, 2.24) is 0 Å². The molecule has 0 amide bonds. The molecule has 4 nitrogen and oxygen atoms in total. The van der Waals surface area contributed by atoms with Gasteiger partial charge >= 0.3 is 5.97 Å². The highest BCUT2D eigenvalue weighted by Gasteiger charge is 2.24. The number of rotatable bonds is 5. The van der Waals surface area contributed by atoms with E-state index in [4.69, 9.17) is 32.7 Å². The van der Waals surface area contributed by atoms with Crippen LogP contribution in [0.25, 0.3) is 6.08 Å². The average Bonchev–Trinajstić information content (AvgIpc) is 3.10. The van der Waals surface area contributed by atoms with Crippen LogP contribution < -0.4 is 4.74 Å². The smallest absolute Gasteiger partial charge is 0.363 e. The van der Waals surface area contributed by atoms with Crippen LogP contribution in [-0.2, 0) is 16.1 Å². The van der Waals surface area contributed by atoms with Gasteiger partial charge in [-0.15, -0.1) is 0 Å². The van der Waals surface area contributed by atoms with Gasteiger partial charge in [0.2, 0.25) is 5.90 Å². The quantitative estimate of drug-likeness (QED) is 0.289. The fourth-order valence-corrected chi connectivity index (χ4v) is 3.52. The molecule has 0 N–H and O–H groups in total. The Hall–Kier alpha value is -2.60. The number of carbonyl (C=O) groups excluding carboxylic acids is 1. The highest BCUT2D eigenvalue weighted by Crippen LogP contribution is 2.26. The van der Waals surface area contributed by atoms with Crippen molar-refractivity contribution in [3.8, 4) is 5.75 Å². The van der Waals surface area contributed by atoms with Crippen LogP contribution in [0.15, 0.2) is 81.9 Å². The summed E-state index contributed by atoms with van der Waals surface area (Å²) in [5.74, 6) is 0.399. The number of cyclic esters (lactones) is 1. The standard InChI is InChI=1S/C23H14BrCl2NO3/c24-17-3-1-2-15(10-17)13-29-18-7-4-14(5-8-18)11-21-23(28)30-22(27-21)16-6-9-19(25)20(26)12-16/h1-12H,13H2/b21-11-. The lowest BCUT2D eigenvalue weighted by Gasteiger charge is -2.07. The van der Waals surface area contributed by atoms with Gasteiger partial charge in [0.25, 0.3) is 0 Å². The van der Waals surface area contributed by atoms with Gasteiger partial charge in [-0.1, -0.05) is 63.4 Å². The van der Waals surface area contributed by atoms with Crippen LogP contribution in [0.5, 0.6) is 5.75 Å². The van der Waals surface area contributed by atoms with Crippen molar-refractivity contribution >= 4 is 57.1 Å². The average molecular weight is 503 g/mol. The maximum absolute atomic E-state index is 12.2. The lowest BCUT2D eigenvalue weighted by molar-refractivity contribution is -0.129. The molecule has 30 heavy (non-hydrogen) atoms. The lowest BCUT2D eigenvalue weighted by Crippen LogP contribution is -2.05. The molecule has 0 fully saturated rings. The Labute approximate surface area is 191 Å². The molecule has 0 spiro atoms. The number of aliphatic imine (C=N–C) groups is 1. The minimum Gasteiger partial charge on any atom is -0.489 e. The third kappa shape index (κ3) is 4.93. The van der Waals surface area contributed by atoms with Crippen molar-refractivity contribution < 1.29 is 14.3 Å². The summed E-state index contributed by atoms with van der Waals surface area (Å²) in [5, 5.41) is 0.784. The Balaban J connectivity index is 1.46. The van der Waals surface area contributed by atoms with E-state index in [1.807, 2.05) is 48.5 Å². The summed E-state index contributed by atoms with van der Waals surface area (Å²) in [4.78, 5) is 16.5. The number of carbonyl (C=O) groups is 1. The zero-order chi connectivity index (χ0) is 21.1. The zero-order valence-electron chi connectivity index (χ0n) is 15.4. The summed E-state index contributed by atoms with van der Waals surface area (Å²) >= 11 is 15.4. The molecule has 7 heteroatoms. The minimum atomic E-state index is -0.522. The number of halogens is 3. The number of hydrogen-bond acceptors (Lipinski definition) is 4. The molecule has 150 valence electrons. The van der Waals surface area contributed by atoms with Gasteiger partial charge < -0.3 is 9.47 Å². The molecule has 0 unspecified atom stereocenters. The van der Waals surface area contributed by atoms with E-state index < -0.39 is 5.97 Å². The van der Waals surface area contributed by atoms with Gasteiger partial charge in [-0.3, -0.25) is 0 Å². The number of hydrogen-bond donors (Lipinski definition) is 0. The SMILES string of the molecule is O=C1OC(c2ccc(Cl)c(Cl)c2)=N/C1=C\c1ccc(OCc2cccc(Br)c2)cc1. The van der Waals surface area contributed by atoms with Crippen LogP contribution in [0.4, 0.5) is 0 Å².